The monoisotopic (exact) mass is 446 g/mol. The van der Waals surface area contributed by atoms with Gasteiger partial charge in [-0.15, -0.1) is 0 Å². The van der Waals surface area contributed by atoms with Crippen molar-refractivity contribution in [2.24, 2.45) is 5.73 Å². The number of carbonyl (C=O) groups is 2. The molecule has 0 aliphatic heterocycles. The molecule has 0 aliphatic carbocycles. The van der Waals surface area contributed by atoms with Gasteiger partial charge in [-0.25, -0.2) is 0 Å². The summed E-state index contributed by atoms with van der Waals surface area (Å²) < 4.78 is 77.1. The molecule has 0 fully saturated rings. The topological polar surface area (TPSA) is 72.2 Å². The van der Waals surface area contributed by atoms with Gasteiger partial charge in [-0.2, -0.15) is 26.3 Å². The second-order valence-corrected chi connectivity index (χ2v) is 6.46. The molecule has 0 saturated carbocycles. The number of primary amides is 1. The maximum atomic E-state index is 12.8. The van der Waals surface area contributed by atoms with Gasteiger partial charge in [0.25, 0.3) is 0 Å². The first kappa shape index (κ1) is 22.0. The van der Waals surface area contributed by atoms with Crippen molar-refractivity contribution in [1.29, 1.82) is 0 Å². The van der Waals surface area contributed by atoms with E-state index in [1.54, 1.807) is 0 Å². The van der Waals surface area contributed by atoms with Crippen LogP contribution in [0.15, 0.2) is 29.3 Å². The van der Waals surface area contributed by atoms with Gasteiger partial charge in [-0.3, -0.25) is 9.59 Å². The summed E-state index contributed by atoms with van der Waals surface area (Å²) >= 11 is 2.96. The van der Waals surface area contributed by atoms with Crippen molar-refractivity contribution >= 4 is 27.7 Å². The fraction of sp³-hybridized carbons (Fsp3) is 0.333. The lowest BCUT2D eigenvalue weighted by molar-refractivity contribution is -0.143. The molecule has 26 heavy (non-hydrogen) atoms. The largest absolute Gasteiger partial charge is 0.416 e. The Morgan fingerprint density at radius 1 is 1.08 bits per heavy atom. The van der Waals surface area contributed by atoms with E-state index in [0.717, 1.165) is 0 Å². The summed E-state index contributed by atoms with van der Waals surface area (Å²) in [6, 6.07) is -0.362. The van der Waals surface area contributed by atoms with E-state index in [-0.39, 0.29) is 12.5 Å². The summed E-state index contributed by atoms with van der Waals surface area (Å²) in [5.41, 5.74) is 1.50. The van der Waals surface area contributed by atoms with Gasteiger partial charge in [0.05, 0.1) is 17.5 Å². The number of hydrogen-bond donors (Lipinski definition) is 2. The van der Waals surface area contributed by atoms with Gasteiger partial charge in [0.2, 0.25) is 11.8 Å². The number of carbonyl (C=O) groups excluding carboxylic acids is 2. The highest BCUT2D eigenvalue weighted by atomic mass is 79.9. The van der Waals surface area contributed by atoms with Crippen LogP contribution >= 0.6 is 15.9 Å². The molecule has 11 heteroatoms. The van der Waals surface area contributed by atoms with Crippen molar-refractivity contribution in [3.05, 3.63) is 46.0 Å². The number of benzene rings is 1. The zero-order valence-electron chi connectivity index (χ0n) is 13.0. The van der Waals surface area contributed by atoms with Gasteiger partial charge in [0.1, 0.15) is 6.04 Å². The van der Waals surface area contributed by atoms with Crippen molar-refractivity contribution in [1.82, 2.24) is 5.32 Å². The third kappa shape index (κ3) is 6.70. The summed E-state index contributed by atoms with van der Waals surface area (Å²) in [4.78, 5) is 23.1. The maximum Gasteiger partial charge on any atom is 0.416 e. The summed E-state index contributed by atoms with van der Waals surface area (Å²) in [5.74, 6) is -1.89. The molecule has 0 saturated heterocycles. The summed E-state index contributed by atoms with van der Waals surface area (Å²) in [7, 11) is 0. The third-order valence-corrected chi connectivity index (χ3v) is 3.44. The van der Waals surface area contributed by atoms with Crippen LogP contribution in [0.4, 0.5) is 26.3 Å². The second kappa shape index (κ2) is 8.11. The molecular formula is C15H13BrF6N2O2. The first-order chi connectivity index (χ1) is 11.7. The predicted octanol–water partition coefficient (Wildman–Crippen LogP) is 3.54. The lowest BCUT2D eigenvalue weighted by Gasteiger charge is -2.16. The third-order valence-electron chi connectivity index (χ3n) is 3.12. The molecule has 4 nitrogen and oxygen atoms in total. The molecule has 2 amide bonds. The van der Waals surface area contributed by atoms with Crippen LogP contribution in [0, 0.1) is 0 Å². The van der Waals surface area contributed by atoms with E-state index in [9.17, 15) is 35.9 Å². The van der Waals surface area contributed by atoms with Gasteiger partial charge < -0.3 is 11.1 Å². The SMILES string of the molecule is C=C(Br)C[C@H](NC(=O)Cc1cc(C(F)(F)F)cc(C(F)(F)F)c1)C(N)=O. The molecule has 1 atom stereocenters. The Kier molecular flexibility index (Phi) is 6.86. The molecule has 1 rings (SSSR count). The molecule has 3 N–H and O–H groups in total. The number of halogens is 7. The number of hydrogen-bond acceptors (Lipinski definition) is 2. The average Bonchev–Trinajstić information content (AvgIpc) is 2.43. The standard InChI is InChI=1S/C15H13BrF6N2O2/c1-7(16)2-11(13(23)26)24-12(25)5-8-3-9(14(17,18)19)6-10(4-8)15(20,21)22/h3-4,6,11H,1-2,5H2,(H2,23,26)(H,24,25)/t11-/m0/s1. The zero-order chi connectivity index (χ0) is 20.3. The van der Waals surface area contributed by atoms with Crippen molar-refractivity contribution in [2.75, 3.05) is 0 Å². The van der Waals surface area contributed by atoms with Gasteiger partial charge in [-0.1, -0.05) is 22.5 Å². The fourth-order valence-electron chi connectivity index (χ4n) is 2.00. The lowest BCUT2D eigenvalue weighted by atomic mass is 10.0. The Hall–Kier alpha value is -2.04. The maximum absolute atomic E-state index is 12.8. The Balaban J connectivity index is 3.09. The first-order valence-electron chi connectivity index (χ1n) is 6.90. The summed E-state index contributed by atoms with van der Waals surface area (Å²) in [6.45, 7) is 3.45. The van der Waals surface area contributed by atoms with Crippen LogP contribution in [0.2, 0.25) is 0 Å². The van der Waals surface area contributed by atoms with Crippen LogP contribution in [0.25, 0.3) is 0 Å². The normalized spacial score (nSPS) is 13.2. The molecule has 0 bridgehead atoms. The van der Waals surface area contributed by atoms with E-state index < -0.39 is 53.3 Å². The molecule has 0 heterocycles. The highest BCUT2D eigenvalue weighted by Gasteiger charge is 2.37. The first-order valence-corrected chi connectivity index (χ1v) is 7.69. The molecule has 0 unspecified atom stereocenters. The molecule has 1 aromatic carbocycles. The molecule has 0 aromatic heterocycles. The van der Waals surface area contributed by atoms with Crippen molar-refractivity contribution in [3.63, 3.8) is 0 Å². The van der Waals surface area contributed by atoms with Gasteiger partial charge in [0, 0.05) is 6.42 Å². The summed E-state index contributed by atoms with van der Waals surface area (Å²) in [5, 5.41) is 2.15. The minimum Gasteiger partial charge on any atom is -0.368 e. The van der Waals surface area contributed by atoms with E-state index in [2.05, 4.69) is 27.8 Å². The molecular weight excluding hydrogens is 434 g/mol. The Labute approximate surface area is 152 Å². The molecule has 0 radical (unpaired) electrons. The van der Waals surface area contributed by atoms with Gasteiger partial charge in [-0.05, 0) is 28.2 Å². The van der Waals surface area contributed by atoms with Crippen molar-refractivity contribution in [3.8, 4) is 0 Å². The minimum absolute atomic E-state index is 0.0392. The number of alkyl halides is 6. The Bertz CT molecular complexity index is 683. The molecule has 0 aliphatic rings. The lowest BCUT2D eigenvalue weighted by Crippen LogP contribution is -2.45. The number of amides is 2. The van der Waals surface area contributed by atoms with Crippen LogP contribution < -0.4 is 11.1 Å². The fourth-order valence-corrected chi connectivity index (χ4v) is 2.32. The van der Waals surface area contributed by atoms with Crippen molar-refractivity contribution < 1.29 is 35.9 Å². The summed E-state index contributed by atoms with van der Waals surface area (Å²) in [6.07, 6.45) is -10.9. The van der Waals surface area contributed by atoms with Crippen molar-refractivity contribution in [2.45, 2.75) is 31.2 Å². The quantitative estimate of drug-likeness (QED) is 0.656. The van der Waals surface area contributed by atoms with E-state index >= 15 is 0 Å². The van der Waals surface area contributed by atoms with Crippen LogP contribution in [-0.4, -0.2) is 17.9 Å². The van der Waals surface area contributed by atoms with E-state index in [1.807, 2.05) is 0 Å². The van der Waals surface area contributed by atoms with Gasteiger partial charge in [0.15, 0.2) is 0 Å². The van der Waals surface area contributed by atoms with Crippen LogP contribution in [0.1, 0.15) is 23.1 Å². The van der Waals surface area contributed by atoms with Crippen LogP contribution in [-0.2, 0) is 28.4 Å². The average molecular weight is 447 g/mol. The number of rotatable bonds is 6. The Morgan fingerprint density at radius 2 is 1.54 bits per heavy atom. The van der Waals surface area contributed by atoms with Crippen LogP contribution in [0.5, 0.6) is 0 Å². The van der Waals surface area contributed by atoms with E-state index in [4.69, 9.17) is 5.73 Å². The number of nitrogens with one attached hydrogen (secondary N) is 1. The highest BCUT2D eigenvalue weighted by Crippen LogP contribution is 2.36. The number of nitrogens with two attached hydrogens (primary N) is 1. The van der Waals surface area contributed by atoms with Gasteiger partial charge >= 0.3 is 12.4 Å². The van der Waals surface area contributed by atoms with E-state index in [0.29, 0.717) is 16.6 Å². The minimum atomic E-state index is -5.02. The second-order valence-electron chi connectivity index (χ2n) is 5.33. The Morgan fingerprint density at radius 3 is 1.88 bits per heavy atom. The highest BCUT2D eigenvalue weighted by molar-refractivity contribution is 9.11. The molecule has 0 spiro atoms. The smallest absolute Gasteiger partial charge is 0.368 e. The molecule has 144 valence electrons. The zero-order valence-corrected chi connectivity index (χ0v) is 14.6. The van der Waals surface area contributed by atoms with E-state index in [1.165, 1.54) is 0 Å². The van der Waals surface area contributed by atoms with Crippen LogP contribution in [0.3, 0.4) is 0 Å². The predicted molar refractivity (Wildman–Crippen MR) is 84.0 cm³/mol. The molecule has 1 aromatic rings.